The number of benzene rings is 2. The normalized spacial score (nSPS) is 15.6. The number of rotatable bonds is 5. The zero-order valence-corrected chi connectivity index (χ0v) is 14.2. The fourth-order valence-electron chi connectivity index (χ4n) is 2.45. The number of aryl methyl sites for hydroxylation is 1. The van der Waals surface area contributed by atoms with Gasteiger partial charge in [-0.3, -0.25) is 9.59 Å². The van der Waals surface area contributed by atoms with E-state index in [1.165, 1.54) is 5.56 Å². The van der Waals surface area contributed by atoms with Crippen molar-refractivity contribution in [2.45, 2.75) is 26.4 Å². The second-order valence-electron chi connectivity index (χ2n) is 5.79. The second-order valence-corrected chi connectivity index (χ2v) is 5.79. The molecule has 3 rings (SSSR count). The van der Waals surface area contributed by atoms with Gasteiger partial charge in [0.2, 0.25) is 0 Å². The van der Waals surface area contributed by atoms with Crippen molar-refractivity contribution in [2.24, 2.45) is 0 Å². The van der Waals surface area contributed by atoms with Gasteiger partial charge < -0.3 is 20.1 Å². The first-order valence-electron chi connectivity index (χ1n) is 8.18. The second kappa shape index (κ2) is 7.25. The van der Waals surface area contributed by atoms with Crippen LogP contribution in [0.15, 0.2) is 42.5 Å². The minimum atomic E-state index is -0.527. The summed E-state index contributed by atoms with van der Waals surface area (Å²) in [5.74, 6) is 0.732. The number of fused-ring (bicyclic) bond motifs is 1. The Morgan fingerprint density at radius 3 is 2.72 bits per heavy atom. The number of hydrogen-bond donors (Lipinski definition) is 2. The minimum Gasteiger partial charge on any atom is -0.484 e. The van der Waals surface area contributed by atoms with E-state index in [4.69, 9.17) is 9.47 Å². The molecule has 2 N–H and O–H groups in total. The lowest BCUT2D eigenvalue weighted by molar-refractivity contribution is -0.122. The molecule has 25 heavy (non-hydrogen) atoms. The first-order valence-corrected chi connectivity index (χ1v) is 8.18. The van der Waals surface area contributed by atoms with E-state index in [1.807, 2.05) is 24.3 Å². The molecule has 0 saturated carbocycles. The molecule has 0 aliphatic carbocycles. The molecule has 0 radical (unpaired) electrons. The van der Waals surface area contributed by atoms with Gasteiger partial charge in [0.1, 0.15) is 11.5 Å². The summed E-state index contributed by atoms with van der Waals surface area (Å²) >= 11 is 0. The molecule has 0 spiro atoms. The third kappa shape index (κ3) is 4.09. The van der Waals surface area contributed by atoms with E-state index in [0.29, 0.717) is 22.9 Å². The average Bonchev–Trinajstić information content (AvgIpc) is 2.61. The summed E-state index contributed by atoms with van der Waals surface area (Å²) in [6.07, 6.45) is 0.429. The lowest BCUT2D eigenvalue weighted by atomic mass is 10.2. The molecule has 1 aliphatic rings. The molecule has 0 bridgehead atoms. The van der Waals surface area contributed by atoms with Gasteiger partial charge in [-0.05, 0) is 49.2 Å². The average molecular weight is 340 g/mol. The van der Waals surface area contributed by atoms with Gasteiger partial charge in [0.05, 0.1) is 5.69 Å². The van der Waals surface area contributed by atoms with Crippen LogP contribution < -0.4 is 20.1 Å². The van der Waals surface area contributed by atoms with Crippen LogP contribution in [0.4, 0.5) is 11.4 Å². The molecule has 6 heteroatoms. The van der Waals surface area contributed by atoms with E-state index >= 15 is 0 Å². The van der Waals surface area contributed by atoms with Gasteiger partial charge in [0, 0.05) is 5.69 Å². The summed E-state index contributed by atoms with van der Waals surface area (Å²) in [5.41, 5.74) is 2.31. The van der Waals surface area contributed by atoms with Gasteiger partial charge in [0.25, 0.3) is 11.8 Å². The summed E-state index contributed by atoms with van der Waals surface area (Å²) in [4.78, 5) is 23.7. The lowest BCUT2D eigenvalue weighted by Crippen LogP contribution is -2.34. The zero-order valence-electron chi connectivity index (χ0n) is 14.2. The van der Waals surface area contributed by atoms with E-state index in [0.717, 1.165) is 6.42 Å². The number of nitrogens with one attached hydrogen (secondary N) is 2. The molecule has 0 aromatic heterocycles. The quantitative estimate of drug-likeness (QED) is 0.877. The van der Waals surface area contributed by atoms with Crippen LogP contribution in [-0.2, 0) is 16.0 Å². The molecule has 0 unspecified atom stereocenters. The van der Waals surface area contributed by atoms with Crippen LogP contribution in [-0.4, -0.2) is 24.5 Å². The van der Waals surface area contributed by atoms with E-state index in [-0.39, 0.29) is 18.4 Å². The van der Waals surface area contributed by atoms with Gasteiger partial charge in [-0.25, -0.2) is 0 Å². The van der Waals surface area contributed by atoms with E-state index < -0.39 is 6.10 Å². The Bertz CT molecular complexity index is 787. The Morgan fingerprint density at radius 1 is 1.24 bits per heavy atom. The molecular formula is C19H20N2O4. The molecule has 2 aromatic carbocycles. The SMILES string of the molecule is CCc1ccc(OCC(=O)Nc2ccc3c(c2)NC(=O)[C@@H](C)O3)cc1. The summed E-state index contributed by atoms with van der Waals surface area (Å²) < 4.78 is 11.0. The van der Waals surface area contributed by atoms with Gasteiger partial charge in [-0.15, -0.1) is 0 Å². The topological polar surface area (TPSA) is 76.7 Å². The zero-order chi connectivity index (χ0) is 17.8. The van der Waals surface area contributed by atoms with Crippen molar-refractivity contribution in [3.05, 3.63) is 48.0 Å². The number of ether oxygens (including phenoxy) is 2. The van der Waals surface area contributed by atoms with E-state index in [9.17, 15) is 9.59 Å². The Morgan fingerprint density at radius 2 is 2.00 bits per heavy atom. The molecule has 0 fully saturated rings. The molecule has 2 amide bonds. The molecule has 6 nitrogen and oxygen atoms in total. The monoisotopic (exact) mass is 340 g/mol. The summed E-state index contributed by atoms with van der Waals surface area (Å²) in [6.45, 7) is 3.66. The first kappa shape index (κ1) is 16.8. The third-order valence-electron chi connectivity index (χ3n) is 3.90. The summed E-state index contributed by atoms with van der Waals surface area (Å²) in [5, 5.41) is 5.49. The maximum atomic E-state index is 12.0. The van der Waals surface area contributed by atoms with Crippen LogP contribution in [0.25, 0.3) is 0 Å². The summed E-state index contributed by atoms with van der Waals surface area (Å²) in [6, 6.07) is 12.7. The highest BCUT2D eigenvalue weighted by atomic mass is 16.5. The van der Waals surface area contributed by atoms with Crippen molar-refractivity contribution < 1.29 is 19.1 Å². The van der Waals surface area contributed by atoms with Gasteiger partial charge >= 0.3 is 0 Å². The predicted octanol–water partition coefficient (Wildman–Crippen LogP) is 2.99. The number of amides is 2. The molecule has 1 heterocycles. The van der Waals surface area contributed by atoms with Crippen molar-refractivity contribution in [1.29, 1.82) is 0 Å². The van der Waals surface area contributed by atoms with Crippen molar-refractivity contribution in [3.63, 3.8) is 0 Å². The number of carbonyl (C=O) groups excluding carboxylic acids is 2. The Labute approximate surface area is 146 Å². The molecule has 1 atom stereocenters. The van der Waals surface area contributed by atoms with Crippen molar-refractivity contribution in [2.75, 3.05) is 17.2 Å². The predicted molar refractivity (Wildman–Crippen MR) is 95.1 cm³/mol. The fourth-order valence-corrected chi connectivity index (χ4v) is 2.45. The highest BCUT2D eigenvalue weighted by Gasteiger charge is 2.23. The number of hydrogen-bond acceptors (Lipinski definition) is 4. The smallest absolute Gasteiger partial charge is 0.265 e. The van der Waals surface area contributed by atoms with E-state index in [1.54, 1.807) is 25.1 Å². The first-order chi connectivity index (χ1) is 12.0. The Balaban J connectivity index is 1.57. The Hall–Kier alpha value is -3.02. The van der Waals surface area contributed by atoms with Crippen LogP contribution in [0.2, 0.25) is 0 Å². The third-order valence-corrected chi connectivity index (χ3v) is 3.90. The van der Waals surface area contributed by atoms with Crippen LogP contribution in [0, 0.1) is 0 Å². The molecule has 130 valence electrons. The highest BCUT2D eigenvalue weighted by molar-refractivity contribution is 5.99. The van der Waals surface area contributed by atoms with Gasteiger partial charge in [0.15, 0.2) is 12.7 Å². The van der Waals surface area contributed by atoms with Crippen molar-refractivity contribution in [3.8, 4) is 11.5 Å². The lowest BCUT2D eigenvalue weighted by Gasteiger charge is -2.23. The maximum absolute atomic E-state index is 12.0. The largest absolute Gasteiger partial charge is 0.484 e. The highest BCUT2D eigenvalue weighted by Crippen LogP contribution is 2.32. The van der Waals surface area contributed by atoms with Crippen LogP contribution in [0.5, 0.6) is 11.5 Å². The molecule has 0 saturated heterocycles. The minimum absolute atomic E-state index is 0.0948. The van der Waals surface area contributed by atoms with Crippen LogP contribution in [0.3, 0.4) is 0 Å². The van der Waals surface area contributed by atoms with Gasteiger partial charge in [-0.1, -0.05) is 19.1 Å². The molecule has 2 aromatic rings. The summed E-state index contributed by atoms with van der Waals surface area (Å²) in [7, 11) is 0. The van der Waals surface area contributed by atoms with E-state index in [2.05, 4.69) is 17.6 Å². The van der Waals surface area contributed by atoms with Crippen molar-refractivity contribution >= 4 is 23.2 Å². The van der Waals surface area contributed by atoms with Crippen LogP contribution >= 0.6 is 0 Å². The molecular weight excluding hydrogens is 320 g/mol. The van der Waals surface area contributed by atoms with Crippen molar-refractivity contribution in [1.82, 2.24) is 0 Å². The fraction of sp³-hybridized carbons (Fsp3) is 0.263. The maximum Gasteiger partial charge on any atom is 0.265 e. The number of anilines is 2. The van der Waals surface area contributed by atoms with Gasteiger partial charge in [-0.2, -0.15) is 0 Å². The number of carbonyl (C=O) groups is 2. The Kier molecular flexibility index (Phi) is 4.88. The molecule has 1 aliphatic heterocycles. The van der Waals surface area contributed by atoms with Crippen LogP contribution in [0.1, 0.15) is 19.4 Å². The standard InChI is InChI=1S/C19H20N2O4/c1-3-13-4-7-15(8-5-13)24-11-18(22)20-14-6-9-17-16(10-14)21-19(23)12(2)25-17/h4-10,12H,3,11H2,1-2H3,(H,20,22)(H,21,23)/t12-/m1/s1.